The summed E-state index contributed by atoms with van der Waals surface area (Å²) in [5.74, 6) is 0.669. The highest BCUT2D eigenvalue weighted by atomic mass is 16.5. The first-order valence-corrected chi connectivity index (χ1v) is 6.16. The number of nitrogens with one attached hydrogen (secondary N) is 1. The molecule has 1 aliphatic rings. The van der Waals surface area contributed by atoms with Crippen LogP contribution >= 0.6 is 0 Å². The minimum Gasteiger partial charge on any atom is -0.378 e. The van der Waals surface area contributed by atoms with Gasteiger partial charge in [0, 0.05) is 25.2 Å². The molecule has 1 saturated heterocycles. The van der Waals surface area contributed by atoms with Crippen LogP contribution in [0.5, 0.6) is 0 Å². The molecule has 0 amide bonds. The molecule has 1 fully saturated rings. The molecule has 3 N–H and O–H groups in total. The lowest BCUT2D eigenvalue weighted by Gasteiger charge is -2.25. The summed E-state index contributed by atoms with van der Waals surface area (Å²) in [7, 11) is 0. The second-order valence-electron chi connectivity index (χ2n) is 5.16. The molecule has 3 atom stereocenters. The Morgan fingerprint density at radius 1 is 1.53 bits per heavy atom. The van der Waals surface area contributed by atoms with E-state index in [0.29, 0.717) is 12.0 Å². The van der Waals surface area contributed by atoms with E-state index in [2.05, 4.69) is 26.1 Å². The predicted octanol–water partition coefficient (Wildman–Crippen LogP) is 1.52. The fourth-order valence-electron chi connectivity index (χ4n) is 2.25. The van der Waals surface area contributed by atoms with Gasteiger partial charge in [-0.3, -0.25) is 0 Å². The van der Waals surface area contributed by atoms with Crippen LogP contribution < -0.4 is 11.1 Å². The third-order valence-electron chi connectivity index (χ3n) is 3.29. The Morgan fingerprint density at radius 2 is 2.27 bits per heavy atom. The Kier molecular flexibility index (Phi) is 5.03. The number of rotatable bonds is 6. The third-order valence-corrected chi connectivity index (χ3v) is 3.29. The molecule has 0 spiro atoms. The first-order valence-electron chi connectivity index (χ1n) is 6.16. The maximum atomic E-state index is 6.15. The van der Waals surface area contributed by atoms with Crippen molar-refractivity contribution in [3.63, 3.8) is 0 Å². The Morgan fingerprint density at radius 3 is 2.80 bits per heavy atom. The van der Waals surface area contributed by atoms with E-state index in [9.17, 15) is 0 Å². The van der Waals surface area contributed by atoms with Gasteiger partial charge in [-0.25, -0.2) is 0 Å². The van der Waals surface area contributed by atoms with Gasteiger partial charge < -0.3 is 15.8 Å². The summed E-state index contributed by atoms with van der Waals surface area (Å²) in [5.41, 5.74) is 6.09. The number of ether oxygens (including phenoxy) is 1. The molecular formula is C12H26N2O. The highest BCUT2D eigenvalue weighted by Crippen LogP contribution is 2.19. The predicted molar refractivity (Wildman–Crippen MR) is 63.9 cm³/mol. The molecule has 0 radical (unpaired) electrons. The van der Waals surface area contributed by atoms with Gasteiger partial charge in [-0.15, -0.1) is 0 Å². The molecule has 90 valence electrons. The van der Waals surface area contributed by atoms with Crippen molar-refractivity contribution in [2.24, 2.45) is 11.7 Å². The molecule has 0 aliphatic carbocycles. The van der Waals surface area contributed by atoms with E-state index in [-0.39, 0.29) is 5.54 Å². The van der Waals surface area contributed by atoms with Gasteiger partial charge in [0.15, 0.2) is 0 Å². The van der Waals surface area contributed by atoms with Crippen LogP contribution in [0, 0.1) is 5.92 Å². The van der Waals surface area contributed by atoms with Crippen molar-refractivity contribution in [2.45, 2.75) is 51.7 Å². The quantitative estimate of drug-likeness (QED) is 0.705. The molecule has 0 saturated carbocycles. The molecule has 0 aromatic carbocycles. The van der Waals surface area contributed by atoms with Crippen molar-refractivity contribution >= 4 is 0 Å². The fourth-order valence-corrected chi connectivity index (χ4v) is 2.25. The third kappa shape index (κ3) is 4.49. The van der Waals surface area contributed by atoms with E-state index >= 15 is 0 Å². The molecule has 1 aliphatic heterocycles. The second kappa shape index (κ2) is 5.83. The van der Waals surface area contributed by atoms with E-state index in [4.69, 9.17) is 10.5 Å². The summed E-state index contributed by atoms with van der Waals surface area (Å²) in [4.78, 5) is 0. The largest absolute Gasteiger partial charge is 0.378 e. The van der Waals surface area contributed by atoms with Gasteiger partial charge in [-0.1, -0.05) is 13.3 Å². The van der Waals surface area contributed by atoms with Crippen molar-refractivity contribution in [3.05, 3.63) is 0 Å². The lowest BCUT2D eigenvalue weighted by Crippen LogP contribution is -2.47. The molecule has 1 rings (SSSR count). The maximum absolute atomic E-state index is 6.15. The average molecular weight is 214 g/mol. The number of hydrogen-bond donors (Lipinski definition) is 2. The molecule has 0 bridgehead atoms. The summed E-state index contributed by atoms with van der Waals surface area (Å²) in [6.07, 6.45) is 3.82. The average Bonchev–Trinajstić information content (AvgIpc) is 2.51. The zero-order valence-electron chi connectivity index (χ0n) is 10.4. The van der Waals surface area contributed by atoms with Crippen LogP contribution in [0.15, 0.2) is 0 Å². The number of hydrogen-bond acceptors (Lipinski definition) is 3. The van der Waals surface area contributed by atoms with Gasteiger partial charge in [0.1, 0.15) is 0 Å². The van der Waals surface area contributed by atoms with E-state index in [0.717, 1.165) is 32.5 Å². The van der Waals surface area contributed by atoms with Crippen molar-refractivity contribution in [3.8, 4) is 0 Å². The van der Waals surface area contributed by atoms with Gasteiger partial charge in [0.05, 0.1) is 6.10 Å². The minimum absolute atomic E-state index is 0.0581. The summed E-state index contributed by atoms with van der Waals surface area (Å²) in [6.45, 7) is 9.33. The van der Waals surface area contributed by atoms with Crippen LogP contribution in [-0.2, 0) is 4.74 Å². The molecule has 3 nitrogen and oxygen atoms in total. The van der Waals surface area contributed by atoms with Crippen LogP contribution in [-0.4, -0.2) is 31.3 Å². The van der Waals surface area contributed by atoms with Crippen molar-refractivity contribution in [2.75, 3.05) is 19.7 Å². The molecule has 3 unspecified atom stereocenters. The van der Waals surface area contributed by atoms with Crippen molar-refractivity contribution in [1.29, 1.82) is 0 Å². The highest BCUT2D eigenvalue weighted by molar-refractivity contribution is 4.82. The van der Waals surface area contributed by atoms with E-state index < -0.39 is 0 Å². The highest BCUT2D eigenvalue weighted by Gasteiger charge is 2.24. The smallest absolute Gasteiger partial charge is 0.0588 e. The van der Waals surface area contributed by atoms with Crippen molar-refractivity contribution < 1.29 is 4.74 Å². The molecular weight excluding hydrogens is 188 g/mol. The Hall–Kier alpha value is -0.120. The van der Waals surface area contributed by atoms with Gasteiger partial charge in [0.2, 0.25) is 0 Å². The van der Waals surface area contributed by atoms with Gasteiger partial charge in [0.25, 0.3) is 0 Å². The summed E-state index contributed by atoms with van der Waals surface area (Å²) in [6, 6.07) is 0. The second-order valence-corrected chi connectivity index (χ2v) is 5.16. The first kappa shape index (κ1) is 12.9. The standard InChI is InChI=1S/C12H26N2O/c1-4-6-12(3,13)9-14-8-11-5-7-15-10(11)2/h10-11,14H,4-9,13H2,1-3H3. The lowest BCUT2D eigenvalue weighted by atomic mass is 9.96. The Labute approximate surface area is 93.8 Å². The molecule has 15 heavy (non-hydrogen) atoms. The first-order chi connectivity index (χ1) is 7.05. The SMILES string of the molecule is CCCC(C)(N)CNCC1CCOC1C. The van der Waals surface area contributed by atoms with Crippen molar-refractivity contribution in [1.82, 2.24) is 5.32 Å². The maximum Gasteiger partial charge on any atom is 0.0588 e. The van der Waals surface area contributed by atoms with E-state index in [1.54, 1.807) is 0 Å². The van der Waals surface area contributed by atoms with Crippen LogP contribution in [0.25, 0.3) is 0 Å². The zero-order valence-corrected chi connectivity index (χ0v) is 10.4. The molecule has 0 aromatic heterocycles. The molecule has 0 aromatic rings. The normalized spacial score (nSPS) is 30.4. The van der Waals surface area contributed by atoms with Crippen LogP contribution in [0.3, 0.4) is 0 Å². The summed E-state index contributed by atoms with van der Waals surface area (Å²) in [5, 5.41) is 3.48. The van der Waals surface area contributed by atoms with Crippen LogP contribution in [0.1, 0.15) is 40.0 Å². The summed E-state index contributed by atoms with van der Waals surface area (Å²) < 4.78 is 5.52. The van der Waals surface area contributed by atoms with Gasteiger partial charge in [-0.2, -0.15) is 0 Å². The van der Waals surface area contributed by atoms with E-state index in [1.807, 2.05) is 0 Å². The van der Waals surface area contributed by atoms with Gasteiger partial charge in [-0.05, 0) is 32.6 Å². The molecule has 1 heterocycles. The lowest BCUT2D eigenvalue weighted by molar-refractivity contribution is 0.105. The van der Waals surface area contributed by atoms with Gasteiger partial charge >= 0.3 is 0 Å². The van der Waals surface area contributed by atoms with Crippen LogP contribution in [0.4, 0.5) is 0 Å². The molecule has 3 heteroatoms. The topological polar surface area (TPSA) is 47.3 Å². The monoisotopic (exact) mass is 214 g/mol. The summed E-state index contributed by atoms with van der Waals surface area (Å²) >= 11 is 0. The number of nitrogens with two attached hydrogens (primary N) is 1. The zero-order chi connectivity index (χ0) is 11.3. The van der Waals surface area contributed by atoms with E-state index in [1.165, 1.54) is 6.42 Å². The minimum atomic E-state index is -0.0581. The van der Waals surface area contributed by atoms with Crippen LogP contribution in [0.2, 0.25) is 0 Å². The Bertz CT molecular complexity index is 182. The Balaban J connectivity index is 2.15. The fraction of sp³-hybridized carbons (Fsp3) is 1.00.